The molecule has 23 aromatic rings. The largest absolute Gasteiger partial charge is 0.0622 e. The van der Waals surface area contributed by atoms with Crippen LogP contribution in [0.15, 0.2) is 504 Å². The van der Waals surface area contributed by atoms with Crippen LogP contribution in [0.1, 0.15) is 127 Å². The van der Waals surface area contributed by atoms with E-state index in [4.69, 9.17) is 0 Å². The summed E-state index contributed by atoms with van der Waals surface area (Å²) in [5.74, 6) is 2.48. The van der Waals surface area contributed by atoms with Gasteiger partial charge in [-0.15, -0.1) is 0 Å². The van der Waals surface area contributed by atoms with Crippen LogP contribution in [0.5, 0.6) is 0 Å². The smallest absolute Gasteiger partial charge is 0.00987 e. The van der Waals surface area contributed by atoms with Crippen molar-refractivity contribution in [3.63, 3.8) is 0 Å². The fourth-order valence-corrected chi connectivity index (χ4v) is 19.3. The van der Waals surface area contributed by atoms with E-state index >= 15 is 0 Å². The van der Waals surface area contributed by atoms with Gasteiger partial charge in [0.1, 0.15) is 0 Å². The van der Waals surface area contributed by atoms with Crippen LogP contribution in [-0.4, -0.2) is 0 Å². The van der Waals surface area contributed by atoms with E-state index in [1.807, 2.05) is 0 Å². The molecule has 0 saturated carbocycles. The topological polar surface area (TPSA) is 0 Å². The molecule has 674 valence electrons. The highest BCUT2D eigenvalue weighted by molar-refractivity contribution is 6.14. The summed E-state index contributed by atoms with van der Waals surface area (Å²) in [5.41, 5.74) is 34.9. The Morgan fingerprint density at radius 2 is 0.324 bits per heavy atom. The maximum atomic E-state index is 2.37. The normalized spacial score (nSPS) is 11.3. The van der Waals surface area contributed by atoms with E-state index in [1.54, 1.807) is 0 Å². The molecule has 0 saturated heterocycles. The molecule has 0 spiro atoms. The lowest BCUT2D eigenvalue weighted by Crippen LogP contribution is -1.92. The number of hydrogen-bond donors (Lipinski definition) is 0. The standard InChI is InChI=1S/3C29H24.C27H24.C25H22/c1-20(2)23-17-24(28-15-7-11-21-9-3-5-13-26(21)28)19-25(18-23)29-16-8-12-22-10-4-6-14-27(22)29;1-20(2)27-17-28(25-13-11-21-7-3-5-9-23(21)15-25)19-29(18-27)26-14-12-22-8-4-6-10-24(22)16-26;1-20(2)23-16-24(21-10-4-3-5-11-21)18-25(17-23)29-19-22-12-6-7-13-26(22)27-14-8-9-15-28(27)29;1-20(2)21-13-15-24(16-14-21)27-18-25(22-9-5-3-6-10-22)17-26(19-27)23-11-7-4-8-12-23;1-18(2)23-15-24(19-8-4-3-5-9-19)17-25(16-23)22-13-12-20-10-6-7-11-21(20)14-22/h3*3-20H,1-2H3;3-20H,1-2H3;3-18H,1-2H3. The second kappa shape index (κ2) is 42.4. The van der Waals surface area contributed by atoms with E-state index in [9.17, 15) is 0 Å². The van der Waals surface area contributed by atoms with Gasteiger partial charge in [0.15, 0.2) is 0 Å². The predicted molar refractivity (Wildman–Crippen MR) is 605 cm³/mol. The maximum Gasteiger partial charge on any atom is -0.00987 e. The van der Waals surface area contributed by atoms with Gasteiger partial charge in [-0.05, 0) is 322 Å². The minimum atomic E-state index is 0.471. The van der Waals surface area contributed by atoms with E-state index in [0.29, 0.717) is 29.6 Å². The first-order valence-corrected chi connectivity index (χ1v) is 49.4. The zero-order valence-corrected chi connectivity index (χ0v) is 81.3. The van der Waals surface area contributed by atoms with Crippen molar-refractivity contribution in [3.05, 3.63) is 531 Å². The van der Waals surface area contributed by atoms with Crippen LogP contribution in [0.25, 0.3) is 198 Å². The monoisotopic (exact) mass is 1790 g/mol. The molecular weight excluding hydrogens is 1670 g/mol. The molecule has 0 N–H and O–H groups in total. The van der Waals surface area contributed by atoms with Gasteiger partial charge in [-0.1, -0.05) is 506 Å². The van der Waals surface area contributed by atoms with Crippen LogP contribution >= 0.6 is 0 Å². The molecule has 0 nitrogen and oxygen atoms in total. The molecule has 23 rings (SSSR count). The Morgan fingerprint density at radius 3 is 0.662 bits per heavy atom. The number of rotatable bonds is 16. The van der Waals surface area contributed by atoms with Gasteiger partial charge in [-0.2, -0.15) is 0 Å². The van der Waals surface area contributed by atoms with Crippen molar-refractivity contribution in [2.45, 2.75) is 98.8 Å². The van der Waals surface area contributed by atoms with Crippen molar-refractivity contribution in [3.8, 4) is 122 Å². The number of benzene rings is 23. The van der Waals surface area contributed by atoms with Gasteiger partial charge in [-0.3, -0.25) is 0 Å². The Labute approximate surface area is 822 Å². The quantitative estimate of drug-likeness (QED) is 0.0846. The van der Waals surface area contributed by atoms with Gasteiger partial charge in [0, 0.05) is 0 Å². The summed E-state index contributed by atoms with van der Waals surface area (Å²) in [7, 11) is 0. The summed E-state index contributed by atoms with van der Waals surface area (Å²) in [6.45, 7) is 22.6. The van der Waals surface area contributed by atoms with Crippen LogP contribution in [0.4, 0.5) is 0 Å². The first-order chi connectivity index (χ1) is 68.0. The lowest BCUT2D eigenvalue weighted by molar-refractivity contribution is 0.867. The summed E-state index contributed by atoms with van der Waals surface area (Å²) < 4.78 is 0. The molecule has 139 heavy (non-hydrogen) atoms. The summed E-state index contributed by atoms with van der Waals surface area (Å²) in [6.07, 6.45) is 0. The first kappa shape index (κ1) is 92.0. The van der Waals surface area contributed by atoms with E-state index in [1.165, 1.54) is 226 Å². The van der Waals surface area contributed by atoms with Crippen LogP contribution < -0.4 is 0 Å². The minimum Gasteiger partial charge on any atom is -0.0622 e. The van der Waals surface area contributed by atoms with Crippen molar-refractivity contribution in [2.24, 2.45) is 0 Å². The van der Waals surface area contributed by atoms with E-state index < -0.39 is 0 Å². The zero-order chi connectivity index (χ0) is 95.2. The zero-order valence-electron chi connectivity index (χ0n) is 81.3. The Balaban J connectivity index is 0.000000111. The number of fused-ring (bicyclic) bond motifs is 8. The molecule has 0 amide bonds. The van der Waals surface area contributed by atoms with Crippen molar-refractivity contribution >= 4 is 75.4 Å². The first-order valence-electron chi connectivity index (χ1n) is 49.4. The minimum absolute atomic E-state index is 0.471. The highest BCUT2D eigenvalue weighted by Crippen LogP contribution is 2.44. The van der Waals surface area contributed by atoms with Crippen LogP contribution in [0, 0.1) is 0 Å². The van der Waals surface area contributed by atoms with Gasteiger partial charge < -0.3 is 0 Å². The third kappa shape index (κ3) is 21.4. The summed E-state index contributed by atoms with van der Waals surface area (Å²) in [4.78, 5) is 0. The van der Waals surface area contributed by atoms with Crippen molar-refractivity contribution in [1.29, 1.82) is 0 Å². The summed E-state index contributed by atoms with van der Waals surface area (Å²) >= 11 is 0. The van der Waals surface area contributed by atoms with Gasteiger partial charge in [0.25, 0.3) is 0 Å². The number of hydrogen-bond acceptors (Lipinski definition) is 0. The third-order valence-electron chi connectivity index (χ3n) is 27.3. The Morgan fingerprint density at radius 1 is 0.101 bits per heavy atom. The molecule has 0 radical (unpaired) electrons. The molecule has 0 heterocycles. The van der Waals surface area contributed by atoms with Gasteiger partial charge in [0.2, 0.25) is 0 Å². The fourth-order valence-electron chi connectivity index (χ4n) is 19.3. The molecule has 23 aromatic carbocycles. The molecule has 0 fully saturated rings. The van der Waals surface area contributed by atoms with Gasteiger partial charge in [-0.25, -0.2) is 0 Å². The second-order valence-corrected chi connectivity index (χ2v) is 38.5. The second-order valence-electron chi connectivity index (χ2n) is 38.5. The van der Waals surface area contributed by atoms with E-state index in [2.05, 4.69) is 573 Å². The van der Waals surface area contributed by atoms with E-state index in [0.717, 1.165) is 0 Å². The molecule has 0 atom stereocenters. The molecule has 0 aliphatic rings. The molecule has 0 aromatic heterocycles. The van der Waals surface area contributed by atoms with Crippen LogP contribution in [0.2, 0.25) is 0 Å². The molecule has 0 aliphatic carbocycles. The molecule has 0 unspecified atom stereocenters. The van der Waals surface area contributed by atoms with Crippen molar-refractivity contribution in [1.82, 2.24) is 0 Å². The predicted octanol–water partition coefficient (Wildman–Crippen LogP) is 40.5. The SMILES string of the molecule is CC(C)c1cc(-c2ccc3ccccc3c2)cc(-c2ccc3ccccc3c2)c1.CC(C)c1cc(-c2cccc3ccccc23)cc(-c2cccc3ccccc23)c1.CC(C)c1cc(-c2ccccc2)cc(-c2cc3ccccc3c3ccccc23)c1.CC(C)c1cc(-c2ccccc2)cc(-c2ccc3ccccc3c2)c1.CC(C)c1ccc(-c2cc(-c3ccccc3)cc(-c3ccccc3)c2)cc1. The lowest BCUT2D eigenvalue weighted by Gasteiger charge is -2.16. The molecule has 0 bridgehead atoms. The lowest BCUT2D eigenvalue weighted by atomic mass is 9.88. The summed E-state index contributed by atoms with van der Waals surface area (Å²) in [6, 6.07) is 183. The van der Waals surface area contributed by atoms with Crippen LogP contribution in [-0.2, 0) is 0 Å². The molecule has 0 aliphatic heterocycles. The molecule has 0 heteroatoms. The Bertz CT molecular complexity index is 7970. The Kier molecular flexibility index (Phi) is 28.1. The Hall–Kier alpha value is -16.1. The highest BCUT2D eigenvalue weighted by Gasteiger charge is 2.19. The fraction of sp³-hybridized carbons (Fsp3) is 0.108. The van der Waals surface area contributed by atoms with Crippen molar-refractivity contribution in [2.75, 3.05) is 0 Å². The average molecular weight is 1790 g/mol. The highest BCUT2D eigenvalue weighted by atomic mass is 14.2. The third-order valence-corrected chi connectivity index (χ3v) is 27.3. The summed E-state index contributed by atoms with van der Waals surface area (Å²) in [5, 5.41) is 18.1. The average Bonchev–Trinajstić information content (AvgIpc) is 0.755. The van der Waals surface area contributed by atoms with Crippen molar-refractivity contribution < 1.29 is 0 Å². The van der Waals surface area contributed by atoms with Gasteiger partial charge in [0.05, 0.1) is 0 Å². The maximum absolute atomic E-state index is 2.37. The van der Waals surface area contributed by atoms with Crippen LogP contribution in [0.3, 0.4) is 0 Å². The van der Waals surface area contributed by atoms with Gasteiger partial charge >= 0.3 is 0 Å². The molecular formula is C139H118. The van der Waals surface area contributed by atoms with E-state index in [-0.39, 0.29) is 0 Å².